The van der Waals surface area contributed by atoms with Crippen LogP contribution in [0.1, 0.15) is 31.7 Å². The lowest BCUT2D eigenvalue weighted by Crippen LogP contribution is -2.47. The second-order valence-corrected chi connectivity index (χ2v) is 5.50. The number of aliphatic hydroxyl groups excluding tert-OH is 1. The molecule has 14 heavy (non-hydrogen) atoms. The van der Waals surface area contributed by atoms with Crippen LogP contribution in [0.4, 0.5) is 0 Å². The molecule has 1 aromatic carbocycles. The minimum atomic E-state index is -0.153. The number of hydrogen-bond donors (Lipinski definition) is 1. The van der Waals surface area contributed by atoms with Crippen LogP contribution in [0.3, 0.4) is 0 Å². The van der Waals surface area contributed by atoms with E-state index in [9.17, 15) is 5.11 Å². The summed E-state index contributed by atoms with van der Waals surface area (Å²) in [6, 6.07) is 8.29. The monoisotopic (exact) mass is 254 g/mol. The molecule has 2 unspecified atom stereocenters. The predicted octanol–water partition coefficient (Wildman–Crippen LogP) is 3.32. The smallest absolute Gasteiger partial charge is 0.0603 e. The fourth-order valence-electron chi connectivity index (χ4n) is 2.19. The average molecular weight is 255 g/mol. The number of hydrogen-bond acceptors (Lipinski definition) is 1. The molecule has 0 radical (unpaired) electrons. The van der Waals surface area contributed by atoms with Crippen LogP contribution in [0, 0.1) is 5.41 Å². The molecule has 0 amide bonds. The van der Waals surface area contributed by atoms with Gasteiger partial charge in [-0.3, -0.25) is 0 Å². The first kappa shape index (κ1) is 10.2. The molecular formula is C12H15BrO. The van der Waals surface area contributed by atoms with Crippen molar-refractivity contribution in [2.45, 2.75) is 32.3 Å². The highest BCUT2D eigenvalue weighted by atomic mass is 79.9. The van der Waals surface area contributed by atoms with E-state index >= 15 is 0 Å². The second kappa shape index (κ2) is 3.35. The van der Waals surface area contributed by atoms with Gasteiger partial charge in [0.1, 0.15) is 0 Å². The molecule has 0 heterocycles. The third kappa shape index (κ3) is 1.41. The molecule has 2 heteroatoms. The maximum atomic E-state index is 9.68. The standard InChI is InChI=1S/C12H15BrO/c1-12(2)9(7-11(12)14)8-5-3-4-6-10(8)13/h3-6,9,11,14H,7H2,1-2H3. The first-order valence-electron chi connectivity index (χ1n) is 4.96. The van der Waals surface area contributed by atoms with E-state index in [0.717, 1.165) is 10.9 Å². The Hall–Kier alpha value is -0.340. The van der Waals surface area contributed by atoms with E-state index in [1.165, 1.54) is 5.56 Å². The van der Waals surface area contributed by atoms with Crippen molar-refractivity contribution in [3.63, 3.8) is 0 Å². The van der Waals surface area contributed by atoms with Gasteiger partial charge >= 0.3 is 0 Å². The van der Waals surface area contributed by atoms with Crippen LogP contribution in [-0.2, 0) is 0 Å². The maximum absolute atomic E-state index is 9.68. The van der Waals surface area contributed by atoms with Gasteiger partial charge in [-0.05, 0) is 29.4 Å². The lowest BCUT2D eigenvalue weighted by atomic mass is 9.58. The van der Waals surface area contributed by atoms with Crippen LogP contribution < -0.4 is 0 Å². The van der Waals surface area contributed by atoms with E-state index in [-0.39, 0.29) is 11.5 Å². The van der Waals surface area contributed by atoms with E-state index < -0.39 is 0 Å². The molecule has 76 valence electrons. The van der Waals surface area contributed by atoms with Crippen molar-refractivity contribution in [3.8, 4) is 0 Å². The zero-order chi connectivity index (χ0) is 10.3. The summed E-state index contributed by atoms with van der Waals surface area (Å²) in [5.41, 5.74) is 1.34. The molecule has 1 fully saturated rings. The molecule has 1 aliphatic carbocycles. The lowest BCUT2D eigenvalue weighted by molar-refractivity contribution is -0.0627. The fraction of sp³-hybridized carbons (Fsp3) is 0.500. The summed E-state index contributed by atoms with van der Waals surface area (Å²) in [6.45, 7) is 4.26. The van der Waals surface area contributed by atoms with Crippen molar-refractivity contribution < 1.29 is 5.11 Å². The van der Waals surface area contributed by atoms with Gasteiger partial charge in [0.25, 0.3) is 0 Å². The van der Waals surface area contributed by atoms with Gasteiger partial charge in [-0.25, -0.2) is 0 Å². The van der Waals surface area contributed by atoms with Gasteiger partial charge in [0.05, 0.1) is 6.10 Å². The van der Waals surface area contributed by atoms with Crippen molar-refractivity contribution in [2.75, 3.05) is 0 Å². The van der Waals surface area contributed by atoms with E-state index in [2.05, 4.69) is 48.0 Å². The van der Waals surface area contributed by atoms with Crippen molar-refractivity contribution >= 4 is 15.9 Å². The largest absolute Gasteiger partial charge is 0.393 e. The molecule has 1 saturated carbocycles. The molecule has 1 nitrogen and oxygen atoms in total. The minimum absolute atomic E-state index is 0.0177. The molecule has 1 N–H and O–H groups in total. The Labute approximate surface area is 93.3 Å². The van der Waals surface area contributed by atoms with Crippen molar-refractivity contribution in [1.29, 1.82) is 0 Å². The molecule has 0 saturated heterocycles. The fourth-order valence-corrected chi connectivity index (χ4v) is 2.75. The third-order valence-corrected chi connectivity index (χ3v) is 4.22. The van der Waals surface area contributed by atoms with Crippen LogP contribution >= 0.6 is 15.9 Å². The quantitative estimate of drug-likeness (QED) is 0.816. The Balaban J connectivity index is 2.30. The topological polar surface area (TPSA) is 20.2 Å². The van der Waals surface area contributed by atoms with Crippen LogP contribution in [-0.4, -0.2) is 11.2 Å². The summed E-state index contributed by atoms with van der Waals surface area (Å²) in [4.78, 5) is 0. The van der Waals surface area contributed by atoms with Gasteiger partial charge in [-0.2, -0.15) is 0 Å². The second-order valence-electron chi connectivity index (χ2n) is 4.65. The lowest BCUT2D eigenvalue weighted by Gasteiger charge is -2.50. The molecule has 0 bridgehead atoms. The normalized spacial score (nSPS) is 29.7. The van der Waals surface area contributed by atoms with E-state index in [4.69, 9.17) is 0 Å². The SMILES string of the molecule is CC1(C)C(O)CC1c1ccccc1Br. The van der Waals surface area contributed by atoms with Crippen molar-refractivity contribution in [3.05, 3.63) is 34.3 Å². The molecule has 1 aliphatic rings. The molecule has 0 aromatic heterocycles. The zero-order valence-corrected chi connectivity index (χ0v) is 10.1. The van der Waals surface area contributed by atoms with Gasteiger partial charge in [-0.15, -0.1) is 0 Å². The zero-order valence-electron chi connectivity index (χ0n) is 8.50. The minimum Gasteiger partial charge on any atom is -0.393 e. The molecule has 2 rings (SSSR count). The van der Waals surface area contributed by atoms with Gasteiger partial charge in [-0.1, -0.05) is 48.0 Å². The van der Waals surface area contributed by atoms with Gasteiger partial charge < -0.3 is 5.11 Å². The molecule has 0 aliphatic heterocycles. The van der Waals surface area contributed by atoms with Gasteiger partial charge in [0.15, 0.2) is 0 Å². The molecule has 0 spiro atoms. The Morgan fingerprint density at radius 1 is 1.36 bits per heavy atom. The summed E-state index contributed by atoms with van der Waals surface area (Å²) in [7, 11) is 0. The van der Waals surface area contributed by atoms with E-state index in [0.29, 0.717) is 5.92 Å². The number of benzene rings is 1. The van der Waals surface area contributed by atoms with Crippen LogP contribution in [0.5, 0.6) is 0 Å². The molecule has 2 atom stereocenters. The Morgan fingerprint density at radius 3 is 2.50 bits per heavy atom. The van der Waals surface area contributed by atoms with E-state index in [1.54, 1.807) is 0 Å². The Bertz CT molecular complexity index is 346. The van der Waals surface area contributed by atoms with E-state index in [1.807, 2.05) is 6.07 Å². The maximum Gasteiger partial charge on any atom is 0.0603 e. The summed E-state index contributed by atoms with van der Waals surface area (Å²) in [5, 5.41) is 9.68. The number of rotatable bonds is 1. The number of aliphatic hydroxyl groups is 1. The first-order chi connectivity index (χ1) is 6.53. The highest BCUT2D eigenvalue weighted by Gasteiger charge is 2.48. The van der Waals surface area contributed by atoms with Gasteiger partial charge in [0, 0.05) is 4.47 Å². The average Bonchev–Trinajstić information content (AvgIpc) is 2.16. The highest BCUT2D eigenvalue weighted by molar-refractivity contribution is 9.10. The van der Waals surface area contributed by atoms with Crippen LogP contribution in [0.25, 0.3) is 0 Å². The Kier molecular flexibility index (Phi) is 2.44. The third-order valence-electron chi connectivity index (χ3n) is 3.50. The first-order valence-corrected chi connectivity index (χ1v) is 5.75. The van der Waals surface area contributed by atoms with Crippen LogP contribution in [0.15, 0.2) is 28.7 Å². The molecule has 1 aromatic rings. The van der Waals surface area contributed by atoms with Gasteiger partial charge in [0.2, 0.25) is 0 Å². The van der Waals surface area contributed by atoms with Crippen molar-refractivity contribution in [1.82, 2.24) is 0 Å². The molecular weight excluding hydrogens is 240 g/mol. The summed E-state index contributed by atoms with van der Waals surface area (Å²) in [5.74, 6) is 0.480. The summed E-state index contributed by atoms with van der Waals surface area (Å²) in [6.07, 6.45) is 0.731. The predicted molar refractivity (Wildman–Crippen MR) is 61.3 cm³/mol. The summed E-state index contributed by atoms with van der Waals surface area (Å²) < 4.78 is 1.16. The van der Waals surface area contributed by atoms with Crippen LogP contribution in [0.2, 0.25) is 0 Å². The summed E-state index contributed by atoms with van der Waals surface area (Å²) >= 11 is 3.56. The number of halogens is 1. The Morgan fingerprint density at radius 2 is 2.00 bits per heavy atom. The van der Waals surface area contributed by atoms with Crippen molar-refractivity contribution in [2.24, 2.45) is 5.41 Å². The highest BCUT2D eigenvalue weighted by Crippen LogP contribution is 2.53.